The van der Waals surface area contributed by atoms with Crippen LogP contribution < -0.4 is 0 Å². The second kappa shape index (κ2) is 5.69. The lowest BCUT2D eigenvalue weighted by atomic mass is 10.1. The van der Waals surface area contributed by atoms with Crippen LogP contribution in [0.4, 0.5) is 0 Å². The van der Waals surface area contributed by atoms with Gasteiger partial charge in [0.15, 0.2) is 0 Å². The van der Waals surface area contributed by atoms with Crippen LogP contribution in [0.2, 0.25) is 0 Å². The number of benzene rings is 1. The van der Waals surface area contributed by atoms with Crippen molar-refractivity contribution < 1.29 is 14.7 Å². The van der Waals surface area contributed by atoms with Crippen molar-refractivity contribution in [2.45, 2.75) is 19.4 Å². The molecule has 1 N–H and O–H groups in total. The maximum atomic E-state index is 12.3. The highest BCUT2D eigenvalue weighted by atomic mass is 32.1. The van der Waals surface area contributed by atoms with E-state index in [9.17, 15) is 9.59 Å². The van der Waals surface area contributed by atoms with Crippen LogP contribution in [0.5, 0.6) is 0 Å². The van der Waals surface area contributed by atoms with Gasteiger partial charge in [-0.25, -0.2) is 4.79 Å². The Balaban J connectivity index is 1.65. The number of carbonyl (C=O) groups is 2. The third kappa shape index (κ3) is 2.97. The number of hydrogen-bond donors (Lipinski definition) is 1. The van der Waals surface area contributed by atoms with Crippen molar-refractivity contribution in [1.82, 2.24) is 4.90 Å². The van der Waals surface area contributed by atoms with E-state index >= 15 is 0 Å². The monoisotopic (exact) mass is 301 g/mol. The lowest BCUT2D eigenvalue weighted by molar-refractivity contribution is -0.131. The van der Waals surface area contributed by atoms with Crippen LogP contribution >= 0.6 is 11.3 Å². The molecule has 21 heavy (non-hydrogen) atoms. The van der Waals surface area contributed by atoms with Crippen molar-refractivity contribution >= 4 is 23.2 Å². The lowest BCUT2D eigenvalue weighted by Gasteiger charge is -2.27. The molecular weight excluding hydrogens is 286 g/mol. The van der Waals surface area contributed by atoms with Gasteiger partial charge in [-0.1, -0.05) is 12.1 Å². The molecular formula is C16H15NO3S. The molecule has 0 aliphatic carbocycles. The quantitative estimate of drug-likeness (QED) is 0.948. The average molecular weight is 301 g/mol. The molecule has 0 unspecified atom stereocenters. The Bertz CT molecular complexity index is 675. The largest absolute Gasteiger partial charge is 0.478 e. The predicted molar refractivity (Wildman–Crippen MR) is 80.5 cm³/mol. The van der Waals surface area contributed by atoms with Crippen LogP contribution in [-0.2, 0) is 24.2 Å². The van der Waals surface area contributed by atoms with Gasteiger partial charge >= 0.3 is 5.97 Å². The summed E-state index contributed by atoms with van der Waals surface area (Å²) in [5, 5.41) is 10.9. The van der Waals surface area contributed by atoms with Crippen molar-refractivity contribution in [2.24, 2.45) is 0 Å². The van der Waals surface area contributed by atoms with E-state index in [2.05, 4.69) is 11.4 Å². The zero-order valence-corrected chi connectivity index (χ0v) is 12.2. The Morgan fingerprint density at radius 3 is 2.67 bits per heavy atom. The Morgan fingerprint density at radius 1 is 1.19 bits per heavy atom. The smallest absolute Gasteiger partial charge is 0.335 e. The van der Waals surface area contributed by atoms with Gasteiger partial charge in [-0.2, -0.15) is 0 Å². The van der Waals surface area contributed by atoms with E-state index < -0.39 is 5.97 Å². The van der Waals surface area contributed by atoms with E-state index in [4.69, 9.17) is 5.11 Å². The minimum atomic E-state index is -0.950. The molecule has 0 saturated heterocycles. The number of nitrogens with zero attached hydrogens (tertiary/aromatic N) is 1. The highest BCUT2D eigenvalue weighted by Crippen LogP contribution is 2.24. The van der Waals surface area contributed by atoms with Crippen LogP contribution in [-0.4, -0.2) is 28.4 Å². The molecule has 1 amide bonds. The van der Waals surface area contributed by atoms with Gasteiger partial charge in [-0.15, -0.1) is 11.3 Å². The zero-order valence-electron chi connectivity index (χ0n) is 11.4. The highest BCUT2D eigenvalue weighted by Gasteiger charge is 2.21. The summed E-state index contributed by atoms with van der Waals surface area (Å²) in [6, 6.07) is 8.58. The molecule has 4 nitrogen and oxygen atoms in total. The zero-order chi connectivity index (χ0) is 14.8. The number of aromatic carboxylic acids is 1. The summed E-state index contributed by atoms with van der Waals surface area (Å²) in [6.07, 6.45) is 1.25. The number of carbonyl (C=O) groups excluding carboxylic acids is 1. The third-order valence-electron chi connectivity index (χ3n) is 3.72. The van der Waals surface area contributed by atoms with Gasteiger partial charge in [-0.05, 0) is 41.1 Å². The van der Waals surface area contributed by atoms with Gasteiger partial charge in [0, 0.05) is 18.0 Å². The van der Waals surface area contributed by atoms with Gasteiger partial charge in [-0.3, -0.25) is 4.79 Å². The molecule has 1 aromatic carbocycles. The molecule has 2 aromatic rings. The first-order valence-electron chi connectivity index (χ1n) is 6.79. The summed E-state index contributed by atoms with van der Waals surface area (Å²) in [6.45, 7) is 1.45. The minimum Gasteiger partial charge on any atom is -0.478 e. The Morgan fingerprint density at radius 2 is 1.95 bits per heavy atom. The summed E-state index contributed by atoms with van der Waals surface area (Å²) >= 11 is 1.75. The number of rotatable bonds is 3. The van der Waals surface area contributed by atoms with Gasteiger partial charge < -0.3 is 10.0 Å². The third-order valence-corrected chi connectivity index (χ3v) is 4.74. The molecule has 0 atom stereocenters. The van der Waals surface area contributed by atoms with Crippen LogP contribution in [0.3, 0.4) is 0 Å². The maximum Gasteiger partial charge on any atom is 0.335 e. The predicted octanol–water partition coefficient (Wildman–Crippen LogP) is 2.57. The number of thiophene rings is 1. The second-order valence-corrected chi connectivity index (χ2v) is 6.11. The van der Waals surface area contributed by atoms with Crippen molar-refractivity contribution in [3.63, 3.8) is 0 Å². The molecule has 2 heterocycles. The molecule has 0 fully saturated rings. The van der Waals surface area contributed by atoms with Gasteiger partial charge in [0.25, 0.3) is 0 Å². The van der Waals surface area contributed by atoms with Crippen molar-refractivity contribution in [3.8, 4) is 0 Å². The van der Waals surface area contributed by atoms with Gasteiger partial charge in [0.05, 0.1) is 12.0 Å². The Hall–Kier alpha value is -2.14. The molecule has 108 valence electrons. The molecule has 5 heteroatoms. The number of carboxylic acids is 1. The van der Waals surface area contributed by atoms with Crippen molar-refractivity contribution in [3.05, 3.63) is 57.3 Å². The molecule has 1 aromatic heterocycles. The Labute approximate surface area is 126 Å². The van der Waals surface area contributed by atoms with E-state index in [0.29, 0.717) is 13.0 Å². The summed E-state index contributed by atoms with van der Waals surface area (Å²) < 4.78 is 0. The molecule has 0 saturated carbocycles. The van der Waals surface area contributed by atoms with Crippen LogP contribution in [0.1, 0.15) is 26.4 Å². The normalized spacial score (nSPS) is 13.8. The van der Waals surface area contributed by atoms with E-state index in [1.807, 2.05) is 4.90 Å². The van der Waals surface area contributed by atoms with Gasteiger partial charge in [0.2, 0.25) is 5.91 Å². The topological polar surface area (TPSA) is 57.6 Å². The first-order chi connectivity index (χ1) is 10.1. The molecule has 0 bridgehead atoms. The Kier molecular flexibility index (Phi) is 3.75. The fourth-order valence-electron chi connectivity index (χ4n) is 2.51. The molecule has 0 radical (unpaired) electrons. The standard InChI is InChI=1S/C16H15NO3S/c18-15(9-11-1-3-12(4-2-11)16(19)20)17-7-5-14-13(10-17)6-8-21-14/h1-4,6,8H,5,7,9-10H2,(H,19,20). The number of amides is 1. The molecule has 1 aliphatic rings. The lowest BCUT2D eigenvalue weighted by Crippen LogP contribution is -2.36. The first-order valence-corrected chi connectivity index (χ1v) is 7.66. The summed E-state index contributed by atoms with van der Waals surface area (Å²) in [7, 11) is 0. The number of hydrogen-bond acceptors (Lipinski definition) is 3. The highest BCUT2D eigenvalue weighted by molar-refractivity contribution is 7.10. The van der Waals surface area contributed by atoms with E-state index in [-0.39, 0.29) is 11.5 Å². The fraction of sp³-hybridized carbons (Fsp3) is 0.250. The van der Waals surface area contributed by atoms with E-state index in [1.54, 1.807) is 23.5 Å². The minimum absolute atomic E-state index is 0.0925. The average Bonchev–Trinajstić information content (AvgIpc) is 2.95. The van der Waals surface area contributed by atoms with Crippen LogP contribution in [0.25, 0.3) is 0 Å². The van der Waals surface area contributed by atoms with Crippen LogP contribution in [0, 0.1) is 0 Å². The van der Waals surface area contributed by atoms with Crippen molar-refractivity contribution in [2.75, 3.05) is 6.54 Å². The molecule has 3 rings (SSSR count). The summed E-state index contributed by atoms with van der Waals surface area (Å²) in [5.74, 6) is -0.858. The first kappa shape index (κ1) is 13.8. The van der Waals surface area contributed by atoms with Crippen LogP contribution in [0.15, 0.2) is 35.7 Å². The molecule has 0 spiro atoms. The molecule has 1 aliphatic heterocycles. The summed E-state index contributed by atoms with van der Waals surface area (Å²) in [5.41, 5.74) is 2.34. The fourth-order valence-corrected chi connectivity index (χ4v) is 3.40. The maximum absolute atomic E-state index is 12.3. The number of carboxylic acid groups (broad SMARTS) is 1. The van der Waals surface area contributed by atoms with E-state index in [0.717, 1.165) is 18.5 Å². The summed E-state index contributed by atoms with van der Waals surface area (Å²) in [4.78, 5) is 26.4. The van der Waals surface area contributed by atoms with Crippen molar-refractivity contribution in [1.29, 1.82) is 0 Å². The van der Waals surface area contributed by atoms with E-state index in [1.165, 1.54) is 22.6 Å². The van der Waals surface area contributed by atoms with Gasteiger partial charge in [0.1, 0.15) is 0 Å². The number of fused-ring (bicyclic) bond motifs is 1. The SMILES string of the molecule is O=C(O)c1ccc(CC(=O)N2CCc3sccc3C2)cc1. The second-order valence-electron chi connectivity index (χ2n) is 5.11.